The lowest BCUT2D eigenvalue weighted by Gasteiger charge is -2.11. The molecule has 0 radical (unpaired) electrons. The highest BCUT2D eigenvalue weighted by molar-refractivity contribution is 5.91. The van der Waals surface area contributed by atoms with Crippen LogP contribution in [0.2, 0.25) is 0 Å². The average molecular weight is 327 g/mol. The smallest absolute Gasteiger partial charge is 0.330 e. The quantitative estimate of drug-likeness (QED) is 0.765. The predicted molar refractivity (Wildman–Crippen MR) is 90.5 cm³/mol. The molecular formula is C17H17N3O4. The Labute approximate surface area is 137 Å². The molecule has 24 heavy (non-hydrogen) atoms. The van der Waals surface area contributed by atoms with Crippen molar-refractivity contribution in [2.75, 3.05) is 20.8 Å². The molecule has 2 heterocycles. The Morgan fingerprint density at radius 1 is 1.12 bits per heavy atom. The van der Waals surface area contributed by atoms with Crippen molar-refractivity contribution in [1.29, 1.82) is 0 Å². The van der Waals surface area contributed by atoms with Gasteiger partial charge in [0, 0.05) is 13.3 Å². The minimum absolute atomic E-state index is 0.307. The minimum atomic E-state index is -0.496. The normalized spacial score (nSPS) is 10.9. The van der Waals surface area contributed by atoms with Crippen molar-refractivity contribution in [3.05, 3.63) is 57.4 Å². The molecule has 7 nitrogen and oxygen atoms in total. The van der Waals surface area contributed by atoms with Crippen LogP contribution in [0.3, 0.4) is 0 Å². The second-order valence-corrected chi connectivity index (χ2v) is 5.19. The van der Waals surface area contributed by atoms with E-state index in [-0.39, 0.29) is 0 Å². The van der Waals surface area contributed by atoms with Gasteiger partial charge in [-0.1, -0.05) is 12.1 Å². The Bertz CT molecular complexity index is 974. The van der Waals surface area contributed by atoms with Gasteiger partial charge in [-0.15, -0.1) is 0 Å². The molecule has 3 rings (SSSR count). The van der Waals surface area contributed by atoms with E-state index in [0.717, 1.165) is 11.3 Å². The van der Waals surface area contributed by atoms with E-state index >= 15 is 0 Å². The standard InChI is InChI=1S/C17H17N3O4/c1-23-10-9-20-15-14(16(21)19-17(20)22)13(7-8-18-15)11-3-5-12(24-2)6-4-11/h3-8H,9-10H2,1-2H3,(H,19,21,22). The van der Waals surface area contributed by atoms with Crippen molar-refractivity contribution in [2.45, 2.75) is 6.54 Å². The summed E-state index contributed by atoms with van der Waals surface area (Å²) >= 11 is 0. The van der Waals surface area contributed by atoms with Gasteiger partial charge in [0.25, 0.3) is 5.56 Å². The van der Waals surface area contributed by atoms with Gasteiger partial charge in [0.2, 0.25) is 0 Å². The van der Waals surface area contributed by atoms with Crippen LogP contribution in [0.1, 0.15) is 0 Å². The summed E-state index contributed by atoms with van der Waals surface area (Å²) in [6.45, 7) is 0.650. The summed E-state index contributed by atoms with van der Waals surface area (Å²) in [5, 5.41) is 0.373. The van der Waals surface area contributed by atoms with Gasteiger partial charge in [0.1, 0.15) is 11.4 Å². The molecule has 0 unspecified atom stereocenters. The monoisotopic (exact) mass is 327 g/mol. The zero-order valence-corrected chi connectivity index (χ0v) is 13.4. The Kier molecular flexibility index (Phi) is 4.43. The summed E-state index contributed by atoms with van der Waals surface area (Å²) < 4.78 is 11.6. The Morgan fingerprint density at radius 3 is 2.54 bits per heavy atom. The van der Waals surface area contributed by atoms with E-state index in [4.69, 9.17) is 9.47 Å². The fourth-order valence-electron chi connectivity index (χ4n) is 2.60. The number of rotatable bonds is 5. The van der Waals surface area contributed by atoms with Crippen LogP contribution in [0.5, 0.6) is 5.75 Å². The predicted octanol–water partition coefficient (Wildman–Crippen LogP) is 1.41. The van der Waals surface area contributed by atoms with Gasteiger partial charge in [-0.25, -0.2) is 9.78 Å². The number of nitrogens with one attached hydrogen (secondary N) is 1. The minimum Gasteiger partial charge on any atom is -0.497 e. The second-order valence-electron chi connectivity index (χ2n) is 5.19. The number of benzene rings is 1. The lowest BCUT2D eigenvalue weighted by atomic mass is 10.0. The van der Waals surface area contributed by atoms with E-state index in [0.29, 0.717) is 29.7 Å². The molecule has 0 amide bonds. The molecule has 1 N–H and O–H groups in total. The van der Waals surface area contributed by atoms with Crippen molar-refractivity contribution in [3.8, 4) is 16.9 Å². The summed E-state index contributed by atoms with van der Waals surface area (Å²) in [4.78, 5) is 31.1. The average Bonchev–Trinajstić information content (AvgIpc) is 2.61. The molecule has 0 aliphatic rings. The molecule has 3 aromatic rings. The molecule has 0 saturated carbocycles. The molecule has 0 spiro atoms. The number of fused-ring (bicyclic) bond motifs is 1. The van der Waals surface area contributed by atoms with Crippen molar-refractivity contribution in [1.82, 2.24) is 14.5 Å². The van der Waals surface area contributed by atoms with Crippen molar-refractivity contribution >= 4 is 11.0 Å². The fraction of sp³-hybridized carbons (Fsp3) is 0.235. The molecule has 0 fully saturated rings. The fourth-order valence-corrected chi connectivity index (χ4v) is 2.60. The van der Waals surface area contributed by atoms with Crippen LogP contribution in [0.15, 0.2) is 46.1 Å². The van der Waals surface area contributed by atoms with Crippen LogP contribution >= 0.6 is 0 Å². The lowest BCUT2D eigenvalue weighted by molar-refractivity contribution is 0.187. The zero-order valence-electron chi connectivity index (χ0n) is 13.4. The van der Waals surface area contributed by atoms with Crippen LogP contribution < -0.4 is 16.0 Å². The van der Waals surface area contributed by atoms with Gasteiger partial charge in [0.05, 0.1) is 25.6 Å². The first kappa shape index (κ1) is 15.9. The van der Waals surface area contributed by atoms with Gasteiger partial charge in [-0.05, 0) is 29.3 Å². The van der Waals surface area contributed by atoms with E-state index in [1.807, 2.05) is 24.3 Å². The maximum atomic E-state index is 12.4. The lowest BCUT2D eigenvalue weighted by Crippen LogP contribution is -2.32. The highest BCUT2D eigenvalue weighted by atomic mass is 16.5. The van der Waals surface area contributed by atoms with Crippen molar-refractivity contribution in [2.24, 2.45) is 0 Å². The van der Waals surface area contributed by atoms with E-state index < -0.39 is 11.2 Å². The van der Waals surface area contributed by atoms with Crippen LogP contribution in [-0.4, -0.2) is 35.4 Å². The van der Waals surface area contributed by atoms with Crippen LogP contribution in [-0.2, 0) is 11.3 Å². The summed E-state index contributed by atoms with van der Waals surface area (Å²) in [5.74, 6) is 0.725. The number of aromatic nitrogens is 3. The molecule has 0 aliphatic heterocycles. The Morgan fingerprint density at radius 2 is 1.88 bits per heavy atom. The molecule has 0 saturated heterocycles. The maximum Gasteiger partial charge on any atom is 0.330 e. The van der Waals surface area contributed by atoms with Gasteiger partial charge >= 0.3 is 5.69 Å². The van der Waals surface area contributed by atoms with E-state index in [1.165, 1.54) is 4.57 Å². The summed E-state index contributed by atoms with van der Waals surface area (Å²) in [5.41, 5.74) is 0.932. The van der Waals surface area contributed by atoms with E-state index in [9.17, 15) is 9.59 Å². The number of hydrogen-bond acceptors (Lipinski definition) is 5. The van der Waals surface area contributed by atoms with Gasteiger partial charge in [-0.2, -0.15) is 0 Å². The number of H-pyrrole nitrogens is 1. The maximum absolute atomic E-state index is 12.4. The van der Waals surface area contributed by atoms with Crippen LogP contribution in [0.4, 0.5) is 0 Å². The summed E-state index contributed by atoms with van der Waals surface area (Å²) in [6.07, 6.45) is 1.59. The van der Waals surface area contributed by atoms with Crippen molar-refractivity contribution in [3.63, 3.8) is 0 Å². The molecule has 0 aliphatic carbocycles. The first-order valence-corrected chi connectivity index (χ1v) is 7.41. The third-order valence-corrected chi connectivity index (χ3v) is 3.80. The molecule has 1 aromatic carbocycles. The van der Waals surface area contributed by atoms with Crippen molar-refractivity contribution < 1.29 is 9.47 Å². The molecule has 124 valence electrons. The molecule has 0 atom stereocenters. The van der Waals surface area contributed by atoms with E-state index in [1.54, 1.807) is 26.5 Å². The molecule has 2 aromatic heterocycles. The van der Waals surface area contributed by atoms with Crippen LogP contribution in [0.25, 0.3) is 22.2 Å². The summed E-state index contributed by atoms with van der Waals surface area (Å²) in [6, 6.07) is 9.10. The Balaban J connectivity index is 2.26. The molecule has 7 heteroatoms. The third kappa shape index (κ3) is 2.81. The molecular weight excluding hydrogens is 310 g/mol. The van der Waals surface area contributed by atoms with Gasteiger partial charge in [0.15, 0.2) is 0 Å². The highest BCUT2D eigenvalue weighted by Crippen LogP contribution is 2.26. The number of ether oxygens (including phenoxy) is 2. The Hall–Kier alpha value is -2.93. The highest BCUT2D eigenvalue weighted by Gasteiger charge is 2.13. The number of methoxy groups -OCH3 is 2. The SMILES string of the molecule is COCCn1c(=O)[nH]c(=O)c2c(-c3ccc(OC)cc3)ccnc21. The van der Waals surface area contributed by atoms with Gasteiger partial charge < -0.3 is 9.47 Å². The largest absolute Gasteiger partial charge is 0.497 e. The first-order valence-electron chi connectivity index (χ1n) is 7.41. The number of nitrogens with zero attached hydrogens (tertiary/aromatic N) is 2. The number of pyridine rings is 1. The van der Waals surface area contributed by atoms with Gasteiger partial charge in [-0.3, -0.25) is 14.3 Å². The van der Waals surface area contributed by atoms with Crippen LogP contribution in [0, 0.1) is 0 Å². The summed E-state index contributed by atoms with van der Waals surface area (Å²) in [7, 11) is 3.14. The second kappa shape index (κ2) is 6.67. The molecule has 0 bridgehead atoms. The first-order chi connectivity index (χ1) is 11.7. The topological polar surface area (TPSA) is 86.2 Å². The third-order valence-electron chi connectivity index (χ3n) is 3.80. The number of hydrogen-bond donors (Lipinski definition) is 1. The number of aromatic amines is 1. The van der Waals surface area contributed by atoms with E-state index in [2.05, 4.69) is 9.97 Å². The zero-order chi connectivity index (χ0) is 17.1.